The summed E-state index contributed by atoms with van der Waals surface area (Å²) in [7, 11) is 1.68. The predicted octanol–water partition coefficient (Wildman–Crippen LogP) is 3.47. The van der Waals surface area contributed by atoms with Gasteiger partial charge >= 0.3 is 0 Å². The maximum atomic E-state index is 13.0. The van der Waals surface area contributed by atoms with Crippen LogP contribution in [0.2, 0.25) is 0 Å². The van der Waals surface area contributed by atoms with Crippen LogP contribution in [-0.2, 0) is 16.1 Å². The Hall–Kier alpha value is -2.35. The number of hydrogen-bond donors (Lipinski definition) is 1. The van der Waals surface area contributed by atoms with E-state index in [1.165, 1.54) is 0 Å². The average Bonchev–Trinajstić information content (AvgIpc) is 3.51. The van der Waals surface area contributed by atoms with Crippen molar-refractivity contribution in [1.82, 2.24) is 15.1 Å². The Morgan fingerprint density at radius 2 is 2.03 bits per heavy atom. The molecule has 1 fully saturated rings. The summed E-state index contributed by atoms with van der Waals surface area (Å²) in [6.45, 7) is 8.99. The Morgan fingerprint density at radius 1 is 1.22 bits per heavy atom. The largest absolute Gasteiger partial charge is 0.496 e. The Bertz CT molecular complexity index is 801. The van der Waals surface area contributed by atoms with E-state index in [1.54, 1.807) is 13.4 Å². The number of methoxy groups -OCH3 is 1. The number of carbonyl (C=O) groups is 1. The van der Waals surface area contributed by atoms with Crippen molar-refractivity contribution in [2.75, 3.05) is 46.4 Å². The SMILES string of the molecule is CCN(CC)C(CNC(=O)CN(Cc1ccccc1OC)CC1CCCO1)c1ccco1. The van der Waals surface area contributed by atoms with Crippen LogP contribution in [0.25, 0.3) is 0 Å². The lowest BCUT2D eigenvalue weighted by atomic mass is 10.1. The van der Waals surface area contributed by atoms with Crippen LogP contribution in [0.3, 0.4) is 0 Å². The molecule has 1 aliphatic rings. The number of nitrogens with one attached hydrogen (secondary N) is 1. The van der Waals surface area contributed by atoms with Crippen LogP contribution in [0.15, 0.2) is 47.1 Å². The van der Waals surface area contributed by atoms with E-state index in [9.17, 15) is 4.79 Å². The minimum atomic E-state index is 0.00149. The van der Waals surface area contributed by atoms with Gasteiger partial charge in [0.1, 0.15) is 11.5 Å². The molecule has 2 heterocycles. The van der Waals surface area contributed by atoms with Gasteiger partial charge in [0.25, 0.3) is 0 Å². The molecule has 176 valence electrons. The maximum Gasteiger partial charge on any atom is 0.234 e. The second kappa shape index (κ2) is 12.6. The third kappa shape index (κ3) is 6.82. The van der Waals surface area contributed by atoms with Gasteiger partial charge in [0.2, 0.25) is 5.91 Å². The molecule has 0 radical (unpaired) electrons. The topological polar surface area (TPSA) is 67.2 Å². The summed E-state index contributed by atoms with van der Waals surface area (Å²) >= 11 is 0. The van der Waals surface area contributed by atoms with Crippen LogP contribution in [0, 0.1) is 0 Å². The normalized spacial score (nSPS) is 17.1. The lowest BCUT2D eigenvalue weighted by Crippen LogP contribution is -2.43. The molecule has 2 aromatic rings. The smallest absolute Gasteiger partial charge is 0.234 e. The van der Waals surface area contributed by atoms with Gasteiger partial charge < -0.3 is 19.2 Å². The molecule has 1 aromatic carbocycles. The third-order valence-electron chi connectivity index (χ3n) is 6.06. The van der Waals surface area contributed by atoms with Crippen molar-refractivity contribution in [3.63, 3.8) is 0 Å². The highest BCUT2D eigenvalue weighted by atomic mass is 16.5. The Balaban J connectivity index is 1.64. The Kier molecular flexibility index (Phi) is 9.59. The van der Waals surface area contributed by atoms with Crippen LogP contribution < -0.4 is 10.1 Å². The molecule has 1 saturated heterocycles. The molecule has 0 spiro atoms. The zero-order valence-electron chi connectivity index (χ0n) is 19.6. The molecule has 2 unspecified atom stereocenters. The van der Waals surface area contributed by atoms with Gasteiger partial charge in [0.15, 0.2) is 0 Å². The summed E-state index contributed by atoms with van der Waals surface area (Å²) in [5.74, 6) is 1.71. The number of furan rings is 1. The van der Waals surface area contributed by atoms with Crippen molar-refractivity contribution in [2.45, 2.75) is 45.4 Å². The van der Waals surface area contributed by atoms with E-state index in [-0.39, 0.29) is 18.1 Å². The minimum absolute atomic E-state index is 0.00149. The molecule has 1 N–H and O–H groups in total. The van der Waals surface area contributed by atoms with Crippen molar-refractivity contribution in [3.8, 4) is 5.75 Å². The van der Waals surface area contributed by atoms with Gasteiger partial charge in [-0.05, 0) is 44.1 Å². The minimum Gasteiger partial charge on any atom is -0.496 e. The first-order valence-corrected chi connectivity index (χ1v) is 11.6. The van der Waals surface area contributed by atoms with Crippen molar-refractivity contribution in [1.29, 1.82) is 0 Å². The summed E-state index contributed by atoms with van der Waals surface area (Å²) in [4.78, 5) is 17.4. The van der Waals surface area contributed by atoms with Crippen LogP contribution >= 0.6 is 0 Å². The molecule has 7 heteroatoms. The monoisotopic (exact) mass is 443 g/mol. The predicted molar refractivity (Wildman–Crippen MR) is 125 cm³/mol. The summed E-state index contributed by atoms with van der Waals surface area (Å²) in [5, 5.41) is 3.14. The fraction of sp³-hybridized carbons (Fsp3) is 0.560. The van der Waals surface area contributed by atoms with E-state index >= 15 is 0 Å². The molecule has 7 nitrogen and oxygen atoms in total. The van der Waals surface area contributed by atoms with Crippen molar-refractivity contribution in [2.24, 2.45) is 0 Å². The van der Waals surface area contributed by atoms with E-state index in [0.29, 0.717) is 19.6 Å². The van der Waals surface area contributed by atoms with E-state index in [2.05, 4.69) is 29.0 Å². The van der Waals surface area contributed by atoms with Crippen molar-refractivity contribution >= 4 is 5.91 Å². The molecule has 2 atom stereocenters. The molecule has 0 bridgehead atoms. The number of likely N-dealkylation sites (N-methyl/N-ethyl adjacent to an activating group) is 1. The van der Waals surface area contributed by atoms with Crippen LogP contribution in [0.1, 0.15) is 44.1 Å². The zero-order chi connectivity index (χ0) is 22.8. The summed E-state index contributed by atoms with van der Waals surface area (Å²) in [5.41, 5.74) is 1.07. The van der Waals surface area contributed by atoms with E-state index in [0.717, 1.165) is 56.2 Å². The zero-order valence-corrected chi connectivity index (χ0v) is 19.6. The Morgan fingerprint density at radius 3 is 2.69 bits per heavy atom. The maximum absolute atomic E-state index is 13.0. The lowest BCUT2D eigenvalue weighted by Gasteiger charge is -2.29. The van der Waals surface area contributed by atoms with Crippen molar-refractivity contribution in [3.05, 3.63) is 54.0 Å². The first-order chi connectivity index (χ1) is 15.6. The van der Waals surface area contributed by atoms with E-state index < -0.39 is 0 Å². The fourth-order valence-corrected chi connectivity index (χ4v) is 4.36. The van der Waals surface area contributed by atoms with E-state index in [4.69, 9.17) is 13.9 Å². The van der Waals surface area contributed by atoms with Gasteiger partial charge in [-0.15, -0.1) is 0 Å². The number of benzene rings is 1. The molecular formula is C25H37N3O4. The van der Waals surface area contributed by atoms with Gasteiger partial charge in [-0.2, -0.15) is 0 Å². The standard InChI is InChI=1S/C25H37N3O4/c1-4-28(5-2)22(24-13-9-15-32-24)16-26-25(29)19-27(18-21-11-8-14-31-21)17-20-10-6-7-12-23(20)30-3/h6-7,9-10,12-13,15,21-22H,4-5,8,11,14,16-19H2,1-3H3,(H,26,29). The molecular weight excluding hydrogens is 406 g/mol. The number of hydrogen-bond acceptors (Lipinski definition) is 6. The number of para-hydroxylation sites is 1. The van der Waals surface area contributed by atoms with Gasteiger partial charge in [-0.25, -0.2) is 0 Å². The molecule has 3 rings (SSSR count). The van der Waals surface area contributed by atoms with Crippen LogP contribution in [0.4, 0.5) is 0 Å². The van der Waals surface area contributed by atoms with Gasteiger partial charge in [-0.1, -0.05) is 32.0 Å². The summed E-state index contributed by atoms with van der Waals surface area (Å²) in [6.07, 6.45) is 3.97. The first-order valence-electron chi connectivity index (χ1n) is 11.6. The number of ether oxygens (including phenoxy) is 2. The first kappa shape index (κ1) is 24.3. The van der Waals surface area contributed by atoms with Gasteiger partial charge in [0, 0.05) is 31.8 Å². The Labute approximate surface area is 191 Å². The van der Waals surface area contributed by atoms with Crippen LogP contribution in [-0.4, -0.2) is 68.3 Å². The number of amides is 1. The molecule has 0 saturated carbocycles. The number of carbonyl (C=O) groups excluding carboxylic acids is 1. The number of rotatable bonds is 13. The van der Waals surface area contributed by atoms with Crippen molar-refractivity contribution < 1.29 is 18.7 Å². The molecule has 1 aromatic heterocycles. The van der Waals surface area contributed by atoms with Gasteiger partial charge in [0.05, 0.1) is 32.1 Å². The third-order valence-corrected chi connectivity index (χ3v) is 6.06. The second-order valence-corrected chi connectivity index (χ2v) is 8.17. The quantitative estimate of drug-likeness (QED) is 0.511. The fourth-order valence-electron chi connectivity index (χ4n) is 4.36. The molecule has 1 amide bonds. The van der Waals surface area contributed by atoms with Gasteiger partial charge in [-0.3, -0.25) is 14.6 Å². The summed E-state index contributed by atoms with van der Waals surface area (Å²) in [6, 6.07) is 11.8. The molecule has 32 heavy (non-hydrogen) atoms. The molecule has 0 aliphatic carbocycles. The lowest BCUT2D eigenvalue weighted by molar-refractivity contribution is -0.123. The highest BCUT2D eigenvalue weighted by Crippen LogP contribution is 2.22. The second-order valence-electron chi connectivity index (χ2n) is 8.17. The highest BCUT2D eigenvalue weighted by molar-refractivity contribution is 5.78. The average molecular weight is 444 g/mol. The van der Waals surface area contributed by atoms with Crippen LogP contribution in [0.5, 0.6) is 5.75 Å². The highest BCUT2D eigenvalue weighted by Gasteiger charge is 2.24. The van der Waals surface area contributed by atoms with E-state index in [1.807, 2.05) is 36.4 Å². The number of nitrogens with zero attached hydrogens (tertiary/aromatic N) is 2. The molecule has 1 aliphatic heterocycles. The summed E-state index contributed by atoms with van der Waals surface area (Å²) < 4.78 is 17.0.